The number of alkyl halides is 3. The number of nitrogens with zero attached hydrogens (tertiary/aromatic N) is 6. The lowest BCUT2D eigenvalue weighted by molar-refractivity contribution is -0.385. The maximum absolute atomic E-state index is 13.3. The van der Waals surface area contributed by atoms with Crippen LogP contribution in [0.2, 0.25) is 0 Å². The molecule has 13 heteroatoms. The fraction of sp³-hybridized carbons (Fsp3) is 0.261. The Morgan fingerprint density at radius 1 is 0.944 bits per heavy atom. The molecule has 0 unspecified atom stereocenters. The molecule has 0 bridgehead atoms. The zero-order valence-electron chi connectivity index (χ0n) is 18.9. The fourth-order valence-electron chi connectivity index (χ4n) is 4.06. The van der Waals surface area contributed by atoms with Gasteiger partial charge < -0.3 is 19.9 Å². The Hall–Kier alpha value is -4.42. The number of piperidine rings is 1. The summed E-state index contributed by atoms with van der Waals surface area (Å²) in [7, 11) is 0. The lowest BCUT2D eigenvalue weighted by Crippen LogP contribution is -2.30. The number of imidazole rings is 1. The van der Waals surface area contributed by atoms with Gasteiger partial charge in [-0.2, -0.15) is 23.1 Å². The second-order valence-corrected chi connectivity index (χ2v) is 8.36. The van der Waals surface area contributed by atoms with E-state index in [1.54, 1.807) is 12.3 Å². The van der Waals surface area contributed by atoms with E-state index in [4.69, 9.17) is 0 Å². The van der Waals surface area contributed by atoms with Crippen molar-refractivity contribution in [1.29, 1.82) is 0 Å². The van der Waals surface area contributed by atoms with E-state index in [0.717, 1.165) is 50.1 Å². The summed E-state index contributed by atoms with van der Waals surface area (Å²) >= 11 is 0. The van der Waals surface area contributed by atoms with Crippen LogP contribution < -0.4 is 15.5 Å². The molecule has 0 atom stereocenters. The van der Waals surface area contributed by atoms with Gasteiger partial charge in [0.15, 0.2) is 0 Å². The van der Waals surface area contributed by atoms with E-state index in [1.807, 2.05) is 28.9 Å². The van der Waals surface area contributed by atoms with Crippen molar-refractivity contribution in [3.8, 4) is 0 Å². The van der Waals surface area contributed by atoms with Gasteiger partial charge >= 0.3 is 6.18 Å². The SMILES string of the molecule is O=[N+]([O-])c1cc(Nc2nc(Nc3ccn4ccnc4c3)cc(N3CCCCC3)n2)cc(C(F)(F)F)c1. The van der Waals surface area contributed by atoms with E-state index in [0.29, 0.717) is 23.4 Å². The highest BCUT2D eigenvalue weighted by molar-refractivity contribution is 5.67. The molecule has 1 fully saturated rings. The smallest absolute Gasteiger partial charge is 0.356 e. The van der Waals surface area contributed by atoms with Gasteiger partial charge in [-0.15, -0.1) is 0 Å². The third kappa shape index (κ3) is 5.14. The summed E-state index contributed by atoms with van der Waals surface area (Å²) in [4.78, 5) is 25.6. The number of aromatic nitrogens is 4. The van der Waals surface area contributed by atoms with Crippen LogP contribution >= 0.6 is 0 Å². The Morgan fingerprint density at radius 3 is 2.50 bits per heavy atom. The summed E-state index contributed by atoms with van der Waals surface area (Å²) in [6.07, 6.45) is 3.66. The van der Waals surface area contributed by atoms with Crippen molar-refractivity contribution < 1.29 is 18.1 Å². The number of halogens is 3. The molecule has 0 spiro atoms. The van der Waals surface area contributed by atoms with Crippen LogP contribution in [0.1, 0.15) is 24.8 Å². The zero-order chi connectivity index (χ0) is 25.3. The number of nitro groups is 1. The van der Waals surface area contributed by atoms with Crippen LogP contribution in [0.3, 0.4) is 0 Å². The molecule has 4 aromatic rings. The van der Waals surface area contributed by atoms with Gasteiger partial charge in [0.1, 0.15) is 17.3 Å². The number of benzene rings is 1. The normalized spacial score (nSPS) is 14.1. The van der Waals surface area contributed by atoms with Crippen molar-refractivity contribution in [2.45, 2.75) is 25.4 Å². The third-order valence-electron chi connectivity index (χ3n) is 5.78. The first-order valence-corrected chi connectivity index (χ1v) is 11.2. The van der Waals surface area contributed by atoms with Crippen molar-refractivity contribution in [1.82, 2.24) is 19.4 Å². The number of nitrogens with one attached hydrogen (secondary N) is 2. The van der Waals surface area contributed by atoms with Gasteiger partial charge in [0.2, 0.25) is 5.95 Å². The molecule has 5 rings (SSSR count). The minimum absolute atomic E-state index is 0.0103. The van der Waals surface area contributed by atoms with Gasteiger partial charge in [0.05, 0.1) is 10.5 Å². The van der Waals surface area contributed by atoms with E-state index in [-0.39, 0.29) is 11.6 Å². The Labute approximate surface area is 203 Å². The van der Waals surface area contributed by atoms with Crippen molar-refractivity contribution >= 4 is 40.3 Å². The predicted molar refractivity (Wildman–Crippen MR) is 128 cm³/mol. The Morgan fingerprint density at radius 2 is 1.75 bits per heavy atom. The number of non-ortho nitro benzene ring substituents is 1. The molecule has 1 aliphatic heterocycles. The highest BCUT2D eigenvalue weighted by atomic mass is 19.4. The molecule has 1 aliphatic rings. The van der Waals surface area contributed by atoms with E-state index >= 15 is 0 Å². The van der Waals surface area contributed by atoms with Crippen LogP contribution in [0.4, 0.5) is 47.8 Å². The van der Waals surface area contributed by atoms with E-state index in [1.165, 1.54) is 0 Å². The van der Waals surface area contributed by atoms with Gasteiger partial charge in [-0.3, -0.25) is 10.1 Å². The van der Waals surface area contributed by atoms with Crippen LogP contribution in [-0.2, 0) is 6.18 Å². The molecule has 36 heavy (non-hydrogen) atoms. The molecule has 186 valence electrons. The topological polar surface area (TPSA) is 114 Å². The summed E-state index contributed by atoms with van der Waals surface area (Å²) in [5.74, 6) is 1.01. The fourth-order valence-corrected chi connectivity index (χ4v) is 4.06. The molecule has 2 N–H and O–H groups in total. The second kappa shape index (κ2) is 9.32. The summed E-state index contributed by atoms with van der Waals surface area (Å²) in [5.41, 5.74) is -0.543. The van der Waals surface area contributed by atoms with Crippen molar-refractivity contribution in [3.63, 3.8) is 0 Å². The minimum atomic E-state index is -4.75. The monoisotopic (exact) mass is 498 g/mol. The standard InChI is InChI=1S/C23H21F3N8O2/c24-23(25,26)15-10-17(12-18(11-15)34(35)36)29-22-30-19(14-21(31-22)32-6-2-1-3-7-32)28-16-4-8-33-9-5-27-20(33)13-16/h4-5,8-14H,1-3,6-7H2,(H2,28,29,30,31). The number of hydrogen-bond acceptors (Lipinski definition) is 8. The molecule has 0 radical (unpaired) electrons. The van der Waals surface area contributed by atoms with Crippen LogP contribution in [-0.4, -0.2) is 37.4 Å². The predicted octanol–water partition coefficient (Wildman–Crippen LogP) is 5.53. The minimum Gasteiger partial charge on any atom is -0.356 e. The highest BCUT2D eigenvalue weighted by Crippen LogP contribution is 2.35. The van der Waals surface area contributed by atoms with Gasteiger partial charge in [-0.25, -0.2) is 4.98 Å². The first kappa shape index (κ1) is 23.3. The summed E-state index contributed by atoms with van der Waals surface area (Å²) in [6.45, 7) is 1.57. The number of hydrogen-bond donors (Lipinski definition) is 2. The van der Waals surface area contributed by atoms with Gasteiger partial charge in [0.25, 0.3) is 5.69 Å². The summed E-state index contributed by atoms with van der Waals surface area (Å²) in [5, 5.41) is 17.2. The Bertz CT molecular complexity index is 1420. The van der Waals surface area contributed by atoms with Crippen molar-refractivity contribution in [3.05, 3.63) is 70.7 Å². The Kier molecular flexibility index (Phi) is 6.04. The molecule has 3 aromatic heterocycles. The zero-order valence-corrected chi connectivity index (χ0v) is 18.9. The molecule has 0 saturated carbocycles. The van der Waals surface area contributed by atoms with Gasteiger partial charge in [-0.1, -0.05) is 0 Å². The van der Waals surface area contributed by atoms with Crippen LogP contribution in [0.15, 0.2) is 55.0 Å². The third-order valence-corrected chi connectivity index (χ3v) is 5.78. The summed E-state index contributed by atoms with van der Waals surface area (Å²) < 4.78 is 41.9. The molecule has 1 saturated heterocycles. The maximum atomic E-state index is 13.3. The van der Waals surface area contributed by atoms with Crippen LogP contribution in [0.25, 0.3) is 5.65 Å². The maximum Gasteiger partial charge on any atom is 0.416 e. The van der Waals surface area contributed by atoms with Crippen molar-refractivity contribution in [2.24, 2.45) is 0 Å². The molecule has 0 amide bonds. The molecule has 10 nitrogen and oxygen atoms in total. The first-order valence-electron chi connectivity index (χ1n) is 11.2. The molecule has 0 aliphatic carbocycles. The van der Waals surface area contributed by atoms with Crippen LogP contribution in [0.5, 0.6) is 0 Å². The average Bonchev–Trinajstić information content (AvgIpc) is 3.32. The van der Waals surface area contributed by atoms with Gasteiger partial charge in [-0.05, 0) is 31.4 Å². The average molecular weight is 498 g/mol. The molecule has 1 aromatic carbocycles. The number of fused-ring (bicyclic) bond motifs is 1. The highest BCUT2D eigenvalue weighted by Gasteiger charge is 2.33. The lowest BCUT2D eigenvalue weighted by atomic mass is 10.1. The largest absolute Gasteiger partial charge is 0.416 e. The second-order valence-electron chi connectivity index (χ2n) is 8.36. The number of anilines is 5. The number of rotatable bonds is 6. The molecule has 4 heterocycles. The number of nitro benzene ring substituents is 1. The molecular weight excluding hydrogens is 477 g/mol. The Balaban J connectivity index is 1.51. The quantitative estimate of drug-likeness (QED) is 0.264. The van der Waals surface area contributed by atoms with E-state index < -0.39 is 22.4 Å². The van der Waals surface area contributed by atoms with Crippen LogP contribution in [0, 0.1) is 10.1 Å². The van der Waals surface area contributed by atoms with E-state index in [9.17, 15) is 23.3 Å². The molecular formula is C23H21F3N8O2. The van der Waals surface area contributed by atoms with Crippen molar-refractivity contribution in [2.75, 3.05) is 28.6 Å². The summed E-state index contributed by atoms with van der Waals surface area (Å²) in [6, 6.07) is 7.73. The lowest BCUT2D eigenvalue weighted by Gasteiger charge is -2.28. The van der Waals surface area contributed by atoms with Gasteiger partial charge in [0, 0.05) is 67.3 Å². The van der Waals surface area contributed by atoms with E-state index in [2.05, 4.69) is 30.5 Å². The first-order chi connectivity index (χ1) is 17.2. The number of pyridine rings is 1.